The summed E-state index contributed by atoms with van der Waals surface area (Å²) in [4.78, 5) is 7.04. The van der Waals surface area contributed by atoms with E-state index in [0.717, 1.165) is 6.54 Å². The maximum atomic E-state index is 4.47. The molecule has 1 fully saturated rings. The maximum absolute atomic E-state index is 4.47. The van der Waals surface area contributed by atoms with Gasteiger partial charge >= 0.3 is 0 Å². The lowest BCUT2D eigenvalue weighted by Gasteiger charge is -2.36. The van der Waals surface area contributed by atoms with E-state index in [1.54, 1.807) is 11.3 Å². The van der Waals surface area contributed by atoms with Crippen LogP contribution in [0.3, 0.4) is 0 Å². The Morgan fingerprint density at radius 1 is 1.44 bits per heavy atom. The third kappa shape index (κ3) is 3.53. The smallest absolute Gasteiger partial charge is 0.109 e. The second kappa shape index (κ2) is 6.64. The van der Waals surface area contributed by atoms with E-state index in [1.165, 1.54) is 30.8 Å². The van der Waals surface area contributed by atoms with E-state index in [-0.39, 0.29) is 0 Å². The molecule has 1 aromatic rings. The van der Waals surface area contributed by atoms with Crippen molar-refractivity contribution in [2.75, 3.05) is 13.1 Å². The number of hydrogen-bond donors (Lipinski definition) is 1. The molecule has 102 valence electrons. The molecule has 1 aliphatic heterocycles. The van der Waals surface area contributed by atoms with Crippen molar-refractivity contribution in [2.45, 2.75) is 58.2 Å². The largest absolute Gasteiger partial charge is 0.313 e. The fourth-order valence-electron chi connectivity index (χ4n) is 2.73. The molecule has 4 heteroatoms. The predicted molar refractivity (Wildman–Crippen MR) is 78.0 cm³/mol. The molecule has 2 heterocycles. The molecule has 18 heavy (non-hydrogen) atoms. The molecule has 0 saturated carbocycles. The number of piperidine rings is 1. The summed E-state index contributed by atoms with van der Waals surface area (Å²) in [5.74, 6) is 0. The number of aromatic nitrogens is 1. The first-order valence-corrected chi connectivity index (χ1v) is 7.95. The van der Waals surface area contributed by atoms with Gasteiger partial charge in [-0.3, -0.25) is 4.90 Å². The van der Waals surface area contributed by atoms with Crippen molar-refractivity contribution in [1.82, 2.24) is 15.2 Å². The Labute approximate surface area is 115 Å². The molecule has 1 aliphatic rings. The van der Waals surface area contributed by atoms with Gasteiger partial charge in [0.25, 0.3) is 0 Å². The van der Waals surface area contributed by atoms with Crippen LogP contribution in [0.5, 0.6) is 0 Å². The second-order valence-corrected chi connectivity index (χ2v) is 6.41. The van der Waals surface area contributed by atoms with Gasteiger partial charge in [-0.2, -0.15) is 0 Å². The van der Waals surface area contributed by atoms with Crippen LogP contribution in [-0.4, -0.2) is 35.1 Å². The minimum Gasteiger partial charge on any atom is -0.313 e. The van der Waals surface area contributed by atoms with E-state index in [9.17, 15) is 0 Å². The van der Waals surface area contributed by atoms with Crippen LogP contribution in [0.15, 0.2) is 11.6 Å². The molecule has 2 rings (SSSR count). The number of thiazole rings is 1. The van der Waals surface area contributed by atoms with Crippen LogP contribution in [-0.2, 0) is 0 Å². The highest BCUT2D eigenvalue weighted by atomic mass is 32.1. The van der Waals surface area contributed by atoms with Crippen molar-refractivity contribution in [3.8, 4) is 0 Å². The first-order valence-electron chi connectivity index (χ1n) is 7.07. The van der Waals surface area contributed by atoms with Gasteiger partial charge in [0.1, 0.15) is 5.01 Å². The lowest BCUT2D eigenvalue weighted by atomic mass is 10.0. The molecule has 0 aromatic carbocycles. The number of hydrogen-bond acceptors (Lipinski definition) is 4. The van der Waals surface area contributed by atoms with Gasteiger partial charge in [0.05, 0.1) is 6.04 Å². The third-order valence-electron chi connectivity index (χ3n) is 3.81. The molecule has 2 unspecified atom stereocenters. The Morgan fingerprint density at radius 2 is 2.28 bits per heavy atom. The first kappa shape index (κ1) is 14.0. The quantitative estimate of drug-likeness (QED) is 0.888. The van der Waals surface area contributed by atoms with Gasteiger partial charge in [-0.25, -0.2) is 4.98 Å². The number of nitrogens with one attached hydrogen (secondary N) is 1. The summed E-state index contributed by atoms with van der Waals surface area (Å²) in [6.45, 7) is 9.17. The van der Waals surface area contributed by atoms with E-state index >= 15 is 0 Å². The zero-order chi connectivity index (χ0) is 13.0. The standard InChI is InChI=1S/C14H25N3S/c1-11(2)17(10-13-6-4-5-7-15-13)12(3)14-16-8-9-18-14/h8-9,11-13,15H,4-7,10H2,1-3H3. The maximum Gasteiger partial charge on any atom is 0.109 e. The Hall–Kier alpha value is -0.450. The minimum atomic E-state index is 0.425. The lowest BCUT2D eigenvalue weighted by molar-refractivity contribution is 0.137. The molecule has 2 atom stereocenters. The summed E-state index contributed by atoms with van der Waals surface area (Å²) in [7, 11) is 0. The molecule has 0 amide bonds. The SMILES string of the molecule is CC(C)N(CC1CCCCN1)C(C)c1nccs1. The van der Waals surface area contributed by atoms with Crippen molar-refractivity contribution < 1.29 is 0 Å². The van der Waals surface area contributed by atoms with Gasteiger partial charge in [0, 0.05) is 30.2 Å². The summed E-state index contributed by atoms with van der Waals surface area (Å²) in [5, 5.41) is 6.95. The summed E-state index contributed by atoms with van der Waals surface area (Å²) >= 11 is 1.77. The van der Waals surface area contributed by atoms with Gasteiger partial charge in [-0.05, 0) is 40.2 Å². The van der Waals surface area contributed by atoms with Crippen molar-refractivity contribution in [3.05, 3.63) is 16.6 Å². The van der Waals surface area contributed by atoms with E-state index in [0.29, 0.717) is 18.1 Å². The summed E-state index contributed by atoms with van der Waals surface area (Å²) in [5.41, 5.74) is 0. The third-order valence-corrected chi connectivity index (χ3v) is 4.76. The van der Waals surface area contributed by atoms with Crippen molar-refractivity contribution in [2.24, 2.45) is 0 Å². The van der Waals surface area contributed by atoms with E-state index in [2.05, 4.69) is 41.4 Å². The highest BCUT2D eigenvalue weighted by molar-refractivity contribution is 7.09. The van der Waals surface area contributed by atoms with Crippen molar-refractivity contribution in [1.29, 1.82) is 0 Å². The molecule has 0 spiro atoms. The van der Waals surface area contributed by atoms with Crippen LogP contribution < -0.4 is 5.32 Å². The topological polar surface area (TPSA) is 28.2 Å². The Bertz CT molecular complexity index is 331. The van der Waals surface area contributed by atoms with Crippen LogP contribution in [0.4, 0.5) is 0 Å². The first-order chi connectivity index (χ1) is 8.68. The molecular formula is C14H25N3S. The zero-order valence-electron chi connectivity index (χ0n) is 11.7. The Balaban J connectivity index is 1.98. The summed E-state index contributed by atoms with van der Waals surface area (Å²) < 4.78 is 0. The van der Waals surface area contributed by atoms with Crippen LogP contribution in [0.1, 0.15) is 51.1 Å². The van der Waals surface area contributed by atoms with Gasteiger partial charge < -0.3 is 5.32 Å². The molecule has 1 saturated heterocycles. The summed E-state index contributed by atoms with van der Waals surface area (Å²) in [6, 6.07) is 1.64. The molecular weight excluding hydrogens is 242 g/mol. The number of nitrogens with zero attached hydrogens (tertiary/aromatic N) is 2. The molecule has 0 bridgehead atoms. The van der Waals surface area contributed by atoms with Crippen molar-refractivity contribution >= 4 is 11.3 Å². The van der Waals surface area contributed by atoms with E-state index < -0.39 is 0 Å². The fraction of sp³-hybridized carbons (Fsp3) is 0.786. The normalized spacial score (nSPS) is 22.6. The van der Waals surface area contributed by atoms with Gasteiger partial charge in [-0.15, -0.1) is 11.3 Å². The highest BCUT2D eigenvalue weighted by Gasteiger charge is 2.24. The van der Waals surface area contributed by atoms with E-state index in [1.807, 2.05) is 6.20 Å². The van der Waals surface area contributed by atoms with Crippen LogP contribution in [0.25, 0.3) is 0 Å². The Kier molecular flexibility index (Phi) is 5.15. The molecule has 0 radical (unpaired) electrons. The van der Waals surface area contributed by atoms with Crippen LogP contribution in [0, 0.1) is 0 Å². The van der Waals surface area contributed by atoms with Gasteiger partial charge in [0.2, 0.25) is 0 Å². The Morgan fingerprint density at radius 3 is 2.83 bits per heavy atom. The average Bonchev–Trinajstić information content (AvgIpc) is 2.90. The van der Waals surface area contributed by atoms with Gasteiger partial charge in [-0.1, -0.05) is 6.42 Å². The molecule has 0 aliphatic carbocycles. The number of rotatable bonds is 5. The lowest BCUT2D eigenvalue weighted by Crippen LogP contribution is -2.46. The zero-order valence-corrected chi connectivity index (χ0v) is 12.5. The predicted octanol–water partition coefficient (Wildman–Crippen LogP) is 3.06. The monoisotopic (exact) mass is 267 g/mol. The van der Waals surface area contributed by atoms with Crippen molar-refractivity contribution in [3.63, 3.8) is 0 Å². The van der Waals surface area contributed by atoms with E-state index in [4.69, 9.17) is 0 Å². The molecule has 1 N–H and O–H groups in total. The minimum absolute atomic E-state index is 0.425. The van der Waals surface area contributed by atoms with Crippen LogP contribution >= 0.6 is 11.3 Å². The molecule has 1 aromatic heterocycles. The average molecular weight is 267 g/mol. The highest BCUT2D eigenvalue weighted by Crippen LogP contribution is 2.25. The fourth-order valence-corrected chi connectivity index (χ4v) is 3.45. The molecule has 3 nitrogen and oxygen atoms in total. The van der Waals surface area contributed by atoms with Crippen LogP contribution in [0.2, 0.25) is 0 Å². The second-order valence-electron chi connectivity index (χ2n) is 5.48. The summed E-state index contributed by atoms with van der Waals surface area (Å²) in [6.07, 6.45) is 5.93. The van der Waals surface area contributed by atoms with Gasteiger partial charge in [0.15, 0.2) is 0 Å².